The summed E-state index contributed by atoms with van der Waals surface area (Å²) in [7, 11) is 0. The van der Waals surface area contributed by atoms with Gasteiger partial charge in [0.05, 0.1) is 5.92 Å². The summed E-state index contributed by atoms with van der Waals surface area (Å²) in [6.45, 7) is 4.24. The Morgan fingerprint density at radius 1 is 0.868 bits per heavy atom. The predicted octanol–water partition coefficient (Wildman–Crippen LogP) is 6.33. The SMILES string of the molecule is Cc1ccc(Nc2cc(Nc3ccc(NC(=O)C4CC(=O)N(c5cccc(Br)c5)C4)cc3)nc(C)n2)cc1. The van der Waals surface area contributed by atoms with Crippen molar-refractivity contribution in [2.75, 3.05) is 27.4 Å². The fourth-order valence-corrected chi connectivity index (χ4v) is 4.67. The zero-order chi connectivity index (χ0) is 26.6. The van der Waals surface area contributed by atoms with Crippen LogP contribution in [-0.4, -0.2) is 28.3 Å². The lowest BCUT2D eigenvalue weighted by molar-refractivity contribution is -0.122. The molecule has 5 rings (SSSR count). The van der Waals surface area contributed by atoms with Crippen LogP contribution in [0.1, 0.15) is 17.8 Å². The summed E-state index contributed by atoms with van der Waals surface area (Å²) in [5, 5.41) is 9.54. The molecule has 1 unspecified atom stereocenters. The highest BCUT2D eigenvalue weighted by atomic mass is 79.9. The zero-order valence-electron chi connectivity index (χ0n) is 21.0. The van der Waals surface area contributed by atoms with Crippen LogP contribution in [0.15, 0.2) is 83.3 Å². The number of halogens is 1. The number of amides is 2. The molecule has 1 saturated heterocycles. The Morgan fingerprint density at radius 2 is 1.47 bits per heavy atom. The third kappa shape index (κ3) is 6.18. The van der Waals surface area contributed by atoms with E-state index in [0.29, 0.717) is 29.7 Å². The first-order valence-electron chi connectivity index (χ1n) is 12.3. The van der Waals surface area contributed by atoms with Gasteiger partial charge in [-0.3, -0.25) is 9.59 Å². The Labute approximate surface area is 229 Å². The van der Waals surface area contributed by atoms with Crippen LogP contribution in [0.25, 0.3) is 0 Å². The average molecular weight is 571 g/mol. The van der Waals surface area contributed by atoms with E-state index in [1.54, 1.807) is 4.90 Å². The van der Waals surface area contributed by atoms with Gasteiger partial charge in [0.1, 0.15) is 17.5 Å². The van der Waals surface area contributed by atoms with E-state index in [1.165, 1.54) is 5.56 Å². The molecule has 9 heteroatoms. The van der Waals surface area contributed by atoms with E-state index in [4.69, 9.17) is 0 Å². The van der Waals surface area contributed by atoms with Gasteiger partial charge in [0.25, 0.3) is 0 Å². The number of hydrogen-bond donors (Lipinski definition) is 3. The van der Waals surface area contributed by atoms with Gasteiger partial charge in [-0.15, -0.1) is 0 Å². The monoisotopic (exact) mass is 570 g/mol. The molecular weight excluding hydrogens is 544 g/mol. The maximum atomic E-state index is 12.9. The molecule has 0 saturated carbocycles. The van der Waals surface area contributed by atoms with E-state index >= 15 is 0 Å². The van der Waals surface area contributed by atoms with Gasteiger partial charge < -0.3 is 20.9 Å². The van der Waals surface area contributed by atoms with Crippen LogP contribution in [0.4, 0.5) is 34.4 Å². The van der Waals surface area contributed by atoms with Crippen LogP contribution in [0.3, 0.4) is 0 Å². The van der Waals surface area contributed by atoms with Gasteiger partial charge in [-0.25, -0.2) is 9.97 Å². The fraction of sp³-hybridized carbons (Fsp3) is 0.172. The van der Waals surface area contributed by atoms with E-state index in [9.17, 15) is 9.59 Å². The lowest BCUT2D eigenvalue weighted by Gasteiger charge is -2.17. The molecule has 1 aliphatic heterocycles. The van der Waals surface area contributed by atoms with Crippen LogP contribution in [-0.2, 0) is 9.59 Å². The molecule has 3 N–H and O–H groups in total. The van der Waals surface area contributed by atoms with Gasteiger partial charge in [0, 0.05) is 46.3 Å². The summed E-state index contributed by atoms with van der Waals surface area (Å²) in [5.74, 6) is 1.34. The first kappa shape index (κ1) is 25.4. The topological polar surface area (TPSA) is 99.2 Å². The Balaban J connectivity index is 1.20. The molecule has 1 fully saturated rings. The largest absolute Gasteiger partial charge is 0.340 e. The first-order chi connectivity index (χ1) is 18.3. The second-order valence-electron chi connectivity index (χ2n) is 9.25. The molecule has 3 aromatic carbocycles. The van der Waals surface area contributed by atoms with Gasteiger partial charge in [-0.1, -0.05) is 39.7 Å². The number of nitrogens with zero attached hydrogens (tertiary/aromatic N) is 3. The number of anilines is 6. The standard InChI is InChI=1S/C29H27BrN6O2/c1-18-6-8-22(9-7-18)33-26-16-27(32-19(2)31-26)34-23-10-12-24(13-11-23)35-29(38)20-14-28(37)36(17-20)25-5-3-4-21(30)15-25/h3-13,15-16,20H,14,17H2,1-2H3,(H,35,38)(H2,31,32,33,34). The highest BCUT2D eigenvalue weighted by molar-refractivity contribution is 9.10. The lowest BCUT2D eigenvalue weighted by atomic mass is 10.1. The number of nitrogens with one attached hydrogen (secondary N) is 3. The molecule has 2 heterocycles. The van der Waals surface area contributed by atoms with E-state index in [1.807, 2.05) is 92.7 Å². The van der Waals surface area contributed by atoms with Crippen molar-refractivity contribution in [1.82, 2.24) is 9.97 Å². The Bertz CT molecular complexity index is 1470. The van der Waals surface area contributed by atoms with Gasteiger partial charge in [-0.2, -0.15) is 0 Å². The third-order valence-corrected chi connectivity index (χ3v) is 6.70. The highest BCUT2D eigenvalue weighted by Crippen LogP contribution is 2.28. The molecule has 0 spiro atoms. The van der Waals surface area contributed by atoms with Crippen molar-refractivity contribution >= 4 is 62.1 Å². The maximum absolute atomic E-state index is 12.9. The first-order valence-corrected chi connectivity index (χ1v) is 13.0. The van der Waals surface area contributed by atoms with Crippen molar-refractivity contribution in [2.24, 2.45) is 5.92 Å². The second kappa shape index (κ2) is 11.0. The van der Waals surface area contributed by atoms with Crippen molar-refractivity contribution in [3.05, 3.63) is 94.7 Å². The Morgan fingerprint density at radius 3 is 2.11 bits per heavy atom. The molecular formula is C29H27BrN6O2. The van der Waals surface area contributed by atoms with Crippen molar-refractivity contribution in [2.45, 2.75) is 20.3 Å². The molecule has 192 valence electrons. The van der Waals surface area contributed by atoms with Crippen LogP contribution in [0.5, 0.6) is 0 Å². The van der Waals surface area contributed by atoms with Gasteiger partial charge in [0.2, 0.25) is 11.8 Å². The smallest absolute Gasteiger partial charge is 0.229 e. The summed E-state index contributed by atoms with van der Waals surface area (Å²) in [6, 6.07) is 24.8. The van der Waals surface area contributed by atoms with Crippen LogP contribution in [0.2, 0.25) is 0 Å². The van der Waals surface area contributed by atoms with Gasteiger partial charge >= 0.3 is 0 Å². The minimum Gasteiger partial charge on any atom is -0.340 e. The molecule has 0 bridgehead atoms. The summed E-state index contributed by atoms with van der Waals surface area (Å²) in [5.41, 5.74) is 4.40. The molecule has 0 aliphatic carbocycles. The van der Waals surface area contributed by atoms with Crippen LogP contribution < -0.4 is 20.9 Å². The van der Waals surface area contributed by atoms with E-state index < -0.39 is 5.92 Å². The maximum Gasteiger partial charge on any atom is 0.229 e. The highest BCUT2D eigenvalue weighted by Gasteiger charge is 2.35. The summed E-state index contributed by atoms with van der Waals surface area (Å²) in [4.78, 5) is 36.0. The normalized spacial score (nSPS) is 14.9. The summed E-state index contributed by atoms with van der Waals surface area (Å²) >= 11 is 3.43. The molecule has 1 atom stereocenters. The number of benzene rings is 3. The van der Waals surface area contributed by atoms with Crippen molar-refractivity contribution in [1.29, 1.82) is 0 Å². The van der Waals surface area contributed by atoms with Gasteiger partial charge in [-0.05, 0) is 68.4 Å². The predicted molar refractivity (Wildman–Crippen MR) is 154 cm³/mol. The van der Waals surface area contributed by atoms with Crippen LogP contribution >= 0.6 is 15.9 Å². The minimum atomic E-state index is -0.414. The molecule has 1 aromatic heterocycles. The van der Waals surface area contributed by atoms with E-state index in [0.717, 1.165) is 21.5 Å². The number of carbonyl (C=O) groups excluding carboxylic acids is 2. The molecule has 1 aliphatic rings. The Hall–Kier alpha value is -4.24. The quantitative estimate of drug-likeness (QED) is 0.240. The number of rotatable bonds is 7. The van der Waals surface area contributed by atoms with Gasteiger partial charge in [0.15, 0.2) is 0 Å². The van der Waals surface area contributed by atoms with E-state index in [2.05, 4.69) is 41.8 Å². The Kier molecular flexibility index (Phi) is 7.37. The number of carbonyl (C=O) groups is 2. The number of aryl methyl sites for hydroxylation is 2. The average Bonchev–Trinajstić information content (AvgIpc) is 3.28. The molecule has 2 amide bonds. The molecule has 0 radical (unpaired) electrons. The fourth-order valence-electron chi connectivity index (χ4n) is 4.29. The lowest BCUT2D eigenvalue weighted by Crippen LogP contribution is -2.28. The summed E-state index contributed by atoms with van der Waals surface area (Å²) in [6.07, 6.45) is 0.185. The molecule has 8 nitrogen and oxygen atoms in total. The number of hydrogen-bond acceptors (Lipinski definition) is 6. The minimum absolute atomic E-state index is 0.0563. The second-order valence-corrected chi connectivity index (χ2v) is 10.2. The van der Waals surface area contributed by atoms with Crippen molar-refractivity contribution in [3.8, 4) is 0 Å². The zero-order valence-corrected chi connectivity index (χ0v) is 22.6. The van der Waals surface area contributed by atoms with Crippen LogP contribution in [0, 0.1) is 19.8 Å². The third-order valence-electron chi connectivity index (χ3n) is 6.20. The van der Waals surface area contributed by atoms with E-state index in [-0.39, 0.29) is 18.2 Å². The number of aromatic nitrogens is 2. The molecule has 4 aromatic rings. The summed E-state index contributed by atoms with van der Waals surface area (Å²) < 4.78 is 0.889. The molecule has 38 heavy (non-hydrogen) atoms. The van der Waals surface area contributed by atoms with Crippen molar-refractivity contribution < 1.29 is 9.59 Å². The van der Waals surface area contributed by atoms with Crippen molar-refractivity contribution in [3.63, 3.8) is 0 Å².